The van der Waals surface area contributed by atoms with Gasteiger partial charge in [-0.1, -0.05) is 20.3 Å². The SMILES string of the molecule is CC(C)CC1CCC2CCCCN2C1. The summed E-state index contributed by atoms with van der Waals surface area (Å²) in [6.07, 6.45) is 8.84. The van der Waals surface area contributed by atoms with Gasteiger partial charge in [-0.05, 0) is 50.5 Å². The zero-order valence-corrected chi connectivity index (χ0v) is 9.84. The second-order valence-electron chi connectivity index (χ2n) is 5.72. The van der Waals surface area contributed by atoms with Gasteiger partial charge in [-0.3, -0.25) is 0 Å². The van der Waals surface area contributed by atoms with Crippen molar-refractivity contribution in [2.75, 3.05) is 13.1 Å². The van der Waals surface area contributed by atoms with E-state index in [-0.39, 0.29) is 0 Å². The fourth-order valence-electron chi connectivity index (χ4n) is 3.34. The molecule has 0 N–H and O–H groups in total. The van der Waals surface area contributed by atoms with Crippen LogP contribution in [0.25, 0.3) is 0 Å². The van der Waals surface area contributed by atoms with Gasteiger partial charge in [-0.2, -0.15) is 0 Å². The van der Waals surface area contributed by atoms with Crippen molar-refractivity contribution in [2.45, 2.75) is 58.4 Å². The van der Waals surface area contributed by atoms with E-state index in [9.17, 15) is 0 Å². The molecular formula is C13H25N. The molecular weight excluding hydrogens is 170 g/mol. The molecule has 0 amide bonds. The van der Waals surface area contributed by atoms with Crippen LogP contribution in [0.4, 0.5) is 0 Å². The predicted octanol–water partition coefficient (Wildman–Crippen LogP) is 3.30. The topological polar surface area (TPSA) is 3.24 Å². The Balaban J connectivity index is 1.83. The molecule has 0 saturated carbocycles. The maximum absolute atomic E-state index is 2.78. The fourth-order valence-corrected chi connectivity index (χ4v) is 3.34. The average molecular weight is 195 g/mol. The third-order valence-electron chi connectivity index (χ3n) is 3.95. The molecule has 2 aliphatic rings. The number of piperidine rings is 2. The van der Waals surface area contributed by atoms with Crippen molar-refractivity contribution in [2.24, 2.45) is 11.8 Å². The summed E-state index contributed by atoms with van der Waals surface area (Å²) in [5.41, 5.74) is 0. The molecule has 2 atom stereocenters. The lowest BCUT2D eigenvalue weighted by Gasteiger charge is -2.43. The summed E-state index contributed by atoms with van der Waals surface area (Å²) in [7, 11) is 0. The summed E-state index contributed by atoms with van der Waals surface area (Å²) in [5.74, 6) is 1.89. The van der Waals surface area contributed by atoms with Crippen LogP contribution in [0.15, 0.2) is 0 Å². The Bertz CT molecular complexity index is 176. The van der Waals surface area contributed by atoms with E-state index in [1.54, 1.807) is 0 Å². The lowest BCUT2D eigenvalue weighted by Crippen LogP contribution is -2.46. The van der Waals surface area contributed by atoms with Crippen LogP contribution < -0.4 is 0 Å². The second-order valence-corrected chi connectivity index (χ2v) is 5.72. The molecule has 2 rings (SSSR count). The first-order chi connectivity index (χ1) is 6.75. The second kappa shape index (κ2) is 4.65. The van der Waals surface area contributed by atoms with Crippen LogP contribution in [0.1, 0.15) is 52.4 Å². The number of fused-ring (bicyclic) bond motifs is 1. The van der Waals surface area contributed by atoms with Crippen molar-refractivity contribution in [3.63, 3.8) is 0 Å². The van der Waals surface area contributed by atoms with Crippen LogP contribution in [-0.2, 0) is 0 Å². The minimum absolute atomic E-state index is 0.890. The lowest BCUT2D eigenvalue weighted by atomic mass is 9.84. The van der Waals surface area contributed by atoms with Gasteiger partial charge >= 0.3 is 0 Å². The van der Waals surface area contributed by atoms with Crippen molar-refractivity contribution in [3.05, 3.63) is 0 Å². The normalized spacial score (nSPS) is 34.5. The number of hydrogen-bond donors (Lipinski definition) is 0. The first-order valence-corrected chi connectivity index (χ1v) is 6.49. The third kappa shape index (κ3) is 2.50. The highest BCUT2D eigenvalue weighted by molar-refractivity contribution is 4.84. The van der Waals surface area contributed by atoms with E-state index in [0.717, 1.165) is 17.9 Å². The van der Waals surface area contributed by atoms with Crippen LogP contribution in [-0.4, -0.2) is 24.0 Å². The Kier molecular flexibility index (Phi) is 3.48. The molecule has 0 radical (unpaired) electrons. The van der Waals surface area contributed by atoms with Gasteiger partial charge in [0, 0.05) is 12.6 Å². The van der Waals surface area contributed by atoms with Crippen LogP contribution in [0.2, 0.25) is 0 Å². The van der Waals surface area contributed by atoms with Crippen molar-refractivity contribution in [1.29, 1.82) is 0 Å². The molecule has 0 spiro atoms. The van der Waals surface area contributed by atoms with Gasteiger partial charge in [0.05, 0.1) is 0 Å². The van der Waals surface area contributed by atoms with Crippen LogP contribution >= 0.6 is 0 Å². The summed E-state index contributed by atoms with van der Waals surface area (Å²) in [4.78, 5) is 2.78. The van der Waals surface area contributed by atoms with E-state index < -0.39 is 0 Å². The minimum Gasteiger partial charge on any atom is -0.300 e. The molecule has 2 aliphatic heterocycles. The molecule has 1 heteroatoms. The summed E-state index contributed by atoms with van der Waals surface area (Å²) < 4.78 is 0. The Morgan fingerprint density at radius 2 is 2.00 bits per heavy atom. The molecule has 0 aliphatic carbocycles. The summed E-state index contributed by atoms with van der Waals surface area (Å²) in [6.45, 7) is 7.52. The Labute approximate surface area is 88.9 Å². The van der Waals surface area contributed by atoms with Gasteiger partial charge in [-0.15, -0.1) is 0 Å². The molecule has 1 nitrogen and oxygen atoms in total. The average Bonchev–Trinajstić information content (AvgIpc) is 2.17. The predicted molar refractivity (Wildman–Crippen MR) is 61.4 cm³/mol. The molecule has 14 heavy (non-hydrogen) atoms. The maximum atomic E-state index is 2.78. The smallest absolute Gasteiger partial charge is 0.00954 e. The van der Waals surface area contributed by atoms with Gasteiger partial charge in [0.15, 0.2) is 0 Å². The van der Waals surface area contributed by atoms with Gasteiger partial charge in [-0.25, -0.2) is 0 Å². The van der Waals surface area contributed by atoms with Gasteiger partial charge in [0.2, 0.25) is 0 Å². The minimum atomic E-state index is 0.890. The summed E-state index contributed by atoms with van der Waals surface area (Å²) >= 11 is 0. The third-order valence-corrected chi connectivity index (χ3v) is 3.95. The van der Waals surface area contributed by atoms with Crippen LogP contribution in [0, 0.1) is 11.8 Å². The monoisotopic (exact) mass is 195 g/mol. The van der Waals surface area contributed by atoms with Crippen molar-refractivity contribution < 1.29 is 0 Å². The van der Waals surface area contributed by atoms with Crippen LogP contribution in [0.3, 0.4) is 0 Å². The molecule has 82 valence electrons. The molecule has 2 fully saturated rings. The fraction of sp³-hybridized carbons (Fsp3) is 1.00. The van der Waals surface area contributed by atoms with Crippen molar-refractivity contribution >= 4 is 0 Å². The molecule has 2 unspecified atom stereocenters. The quantitative estimate of drug-likeness (QED) is 0.653. The first-order valence-electron chi connectivity index (χ1n) is 6.49. The first kappa shape index (κ1) is 10.5. The van der Waals surface area contributed by atoms with Crippen molar-refractivity contribution in [1.82, 2.24) is 4.90 Å². The van der Waals surface area contributed by atoms with E-state index in [1.165, 1.54) is 51.6 Å². The number of rotatable bonds is 2. The highest BCUT2D eigenvalue weighted by Gasteiger charge is 2.29. The highest BCUT2D eigenvalue weighted by Crippen LogP contribution is 2.31. The molecule has 2 heterocycles. The maximum Gasteiger partial charge on any atom is 0.00954 e. The van der Waals surface area contributed by atoms with Crippen molar-refractivity contribution in [3.8, 4) is 0 Å². The van der Waals surface area contributed by atoms with Crippen LogP contribution in [0.5, 0.6) is 0 Å². The molecule has 0 aromatic rings. The van der Waals surface area contributed by atoms with Gasteiger partial charge in [0.1, 0.15) is 0 Å². The zero-order valence-electron chi connectivity index (χ0n) is 9.84. The summed E-state index contributed by atoms with van der Waals surface area (Å²) in [6, 6.07) is 0.965. The Morgan fingerprint density at radius 1 is 1.14 bits per heavy atom. The van der Waals surface area contributed by atoms with E-state index >= 15 is 0 Å². The molecule has 0 bridgehead atoms. The van der Waals surface area contributed by atoms with E-state index in [1.807, 2.05) is 0 Å². The molecule has 0 aromatic heterocycles. The highest BCUT2D eigenvalue weighted by atomic mass is 15.2. The van der Waals surface area contributed by atoms with Gasteiger partial charge in [0.25, 0.3) is 0 Å². The van der Waals surface area contributed by atoms with E-state index in [0.29, 0.717) is 0 Å². The largest absolute Gasteiger partial charge is 0.300 e. The number of hydrogen-bond acceptors (Lipinski definition) is 1. The van der Waals surface area contributed by atoms with E-state index in [2.05, 4.69) is 18.7 Å². The lowest BCUT2D eigenvalue weighted by molar-refractivity contribution is 0.0682. The Hall–Kier alpha value is -0.0400. The molecule has 0 aromatic carbocycles. The molecule has 2 saturated heterocycles. The van der Waals surface area contributed by atoms with Gasteiger partial charge < -0.3 is 4.90 Å². The summed E-state index contributed by atoms with van der Waals surface area (Å²) in [5, 5.41) is 0. The number of nitrogens with zero attached hydrogens (tertiary/aromatic N) is 1. The standard InChI is InChI=1S/C13H25N/c1-11(2)9-12-6-7-13-5-3-4-8-14(13)10-12/h11-13H,3-10H2,1-2H3. The van der Waals surface area contributed by atoms with E-state index in [4.69, 9.17) is 0 Å². The zero-order chi connectivity index (χ0) is 9.97. The Morgan fingerprint density at radius 3 is 2.79 bits per heavy atom.